The molecule has 3 aromatic rings. The summed E-state index contributed by atoms with van der Waals surface area (Å²) in [4.78, 5) is 18.2. The van der Waals surface area contributed by atoms with Crippen LogP contribution < -0.4 is 4.80 Å². The molecular weight excluding hydrogens is 466 g/mol. The third-order valence-corrected chi connectivity index (χ3v) is 8.82. The molecule has 0 aliphatic carbocycles. The standard InChI is InChI=1S/C23H24ClN3O3S2/c1-3-12-27-20-9-4-16(2)15-21(20)31-23(27)25-22(28)17-10-13-26(14-11-17)32(29,30)19-7-5-18(24)6-8-19/h3-9,15,17H,1,10-14H2,2H3. The Bertz CT molecular complexity index is 1330. The van der Waals surface area contributed by atoms with Crippen LogP contribution in [-0.2, 0) is 21.4 Å². The van der Waals surface area contributed by atoms with E-state index in [1.54, 1.807) is 18.2 Å². The van der Waals surface area contributed by atoms with Gasteiger partial charge in [-0.1, -0.05) is 35.1 Å². The predicted molar refractivity (Wildman–Crippen MR) is 128 cm³/mol. The maximum atomic E-state index is 12.9. The largest absolute Gasteiger partial charge is 0.313 e. The number of thiazole rings is 1. The van der Waals surface area contributed by atoms with Crippen molar-refractivity contribution in [1.29, 1.82) is 0 Å². The molecule has 0 bridgehead atoms. The Labute approximate surface area is 196 Å². The highest BCUT2D eigenvalue weighted by Crippen LogP contribution is 2.26. The minimum atomic E-state index is -3.60. The lowest BCUT2D eigenvalue weighted by Gasteiger charge is -2.29. The summed E-state index contributed by atoms with van der Waals surface area (Å²) in [6.45, 7) is 6.99. The second kappa shape index (κ2) is 9.31. The molecule has 1 aromatic heterocycles. The predicted octanol–water partition coefficient (Wildman–Crippen LogP) is 4.38. The Morgan fingerprint density at radius 1 is 1.22 bits per heavy atom. The van der Waals surface area contributed by atoms with E-state index < -0.39 is 10.0 Å². The van der Waals surface area contributed by atoms with Crippen molar-refractivity contribution in [3.05, 3.63) is 70.5 Å². The number of halogens is 1. The third kappa shape index (κ3) is 4.59. The average molecular weight is 490 g/mol. The van der Waals surface area contributed by atoms with Crippen molar-refractivity contribution in [3.63, 3.8) is 0 Å². The molecule has 1 saturated heterocycles. The number of hydrogen-bond acceptors (Lipinski definition) is 4. The smallest absolute Gasteiger partial charge is 0.251 e. The van der Waals surface area contributed by atoms with Gasteiger partial charge in [0.05, 0.1) is 15.1 Å². The lowest BCUT2D eigenvalue weighted by Crippen LogP contribution is -2.40. The molecule has 1 aliphatic rings. The highest BCUT2D eigenvalue weighted by atomic mass is 35.5. The van der Waals surface area contributed by atoms with Crippen LogP contribution in [0.4, 0.5) is 0 Å². The van der Waals surface area contributed by atoms with E-state index in [-0.39, 0.29) is 29.8 Å². The Morgan fingerprint density at radius 2 is 1.91 bits per heavy atom. The first-order valence-electron chi connectivity index (χ1n) is 10.3. The van der Waals surface area contributed by atoms with Crippen molar-refractivity contribution in [2.24, 2.45) is 10.9 Å². The van der Waals surface area contributed by atoms with Crippen LogP contribution in [0.25, 0.3) is 10.2 Å². The second-order valence-electron chi connectivity index (χ2n) is 7.84. The highest BCUT2D eigenvalue weighted by Gasteiger charge is 2.32. The van der Waals surface area contributed by atoms with E-state index in [1.165, 1.54) is 27.8 Å². The summed E-state index contributed by atoms with van der Waals surface area (Å²) in [5.74, 6) is -0.495. The number of carbonyl (C=O) groups excluding carboxylic acids is 1. The van der Waals surface area contributed by atoms with Crippen molar-refractivity contribution in [2.45, 2.75) is 31.2 Å². The lowest BCUT2D eigenvalue weighted by atomic mass is 9.98. The van der Waals surface area contributed by atoms with E-state index in [0.717, 1.165) is 15.8 Å². The molecule has 0 atom stereocenters. The number of piperidine rings is 1. The molecular formula is C23H24ClN3O3S2. The number of hydrogen-bond donors (Lipinski definition) is 0. The van der Waals surface area contributed by atoms with Gasteiger partial charge in [0, 0.05) is 30.6 Å². The van der Waals surface area contributed by atoms with E-state index in [0.29, 0.717) is 29.2 Å². The first-order valence-corrected chi connectivity index (χ1v) is 13.0. The minimum absolute atomic E-state index is 0.199. The van der Waals surface area contributed by atoms with E-state index in [2.05, 4.69) is 17.6 Å². The Morgan fingerprint density at radius 3 is 2.56 bits per heavy atom. The van der Waals surface area contributed by atoms with E-state index in [1.807, 2.05) is 23.6 Å². The molecule has 6 nitrogen and oxygen atoms in total. The average Bonchev–Trinajstić information content (AvgIpc) is 3.10. The summed E-state index contributed by atoms with van der Waals surface area (Å²) in [6.07, 6.45) is 2.68. The van der Waals surface area contributed by atoms with Crippen molar-refractivity contribution in [2.75, 3.05) is 13.1 Å². The molecule has 0 radical (unpaired) electrons. The van der Waals surface area contributed by atoms with Gasteiger partial charge in [0.25, 0.3) is 5.91 Å². The summed E-state index contributed by atoms with van der Waals surface area (Å²) < 4.78 is 30.2. The molecule has 1 amide bonds. The maximum absolute atomic E-state index is 12.9. The summed E-state index contributed by atoms with van der Waals surface area (Å²) >= 11 is 7.35. The van der Waals surface area contributed by atoms with Crippen LogP contribution in [-0.4, -0.2) is 36.3 Å². The molecule has 1 fully saturated rings. The number of aromatic nitrogens is 1. The molecule has 0 unspecified atom stereocenters. The molecule has 0 N–H and O–H groups in total. The Kier molecular flexibility index (Phi) is 6.67. The van der Waals surface area contributed by atoms with Crippen LogP contribution in [0.1, 0.15) is 18.4 Å². The molecule has 2 aromatic carbocycles. The SMILES string of the molecule is C=CCn1c(=NC(=O)C2CCN(S(=O)(=O)c3ccc(Cl)cc3)CC2)sc2cc(C)ccc21. The summed E-state index contributed by atoms with van der Waals surface area (Å²) in [6, 6.07) is 12.3. The molecule has 2 heterocycles. The molecule has 9 heteroatoms. The van der Waals surface area contributed by atoms with Crippen LogP contribution in [0.5, 0.6) is 0 Å². The third-order valence-electron chi connectivity index (χ3n) is 5.61. The fourth-order valence-electron chi connectivity index (χ4n) is 3.86. The summed E-state index contributed by atoms with van der Waals surface area (Å²) in [5.41, 5.74) is 2.17. The molecule has 0 spiro atoms. The van der Waals surface area contributed by atoms with Crippen molar-refractivity contribution in [3.8, 4) is 0 Å². The zero-order valence-corrected chi connectivity index (χ0v) is 20.1. The van der Waals surface area contributed by atoms with E-state index in [4.69, 9.17) is 11.6 Å². The first kappa shape index (κ1) is 22.9. The number of nitrogens with zero attached hydrogens (tertiary/aromatic N) is 3. The van der Waals surface area contributed by atoms with Crippen molar-refractivity contribution in [1.82, 2.24) is 8.87 Å². The van der Waals surface area contributed by atoms with Gasteiger partial charge >= 0.3 is 0 Å². The number of amides is 1. The highest BCUT2D eigenvalue weighted by molar-refractivity contribution is 7.89. The normalized spacial score (nSPS) is 16.5. The molecule has 1 aliphatic heterocycles. The molecule has 32 heavy (non-hydrogen) atoms. The van der Waals surface area contributed by atoms with Crippen LogP contribution >= 0.6 is 22.9 Å². The number of rotatable bonds is 5. The van der Waals surface area contributed by atoms with Gasteiger partial charge in [-0.05, 0) is 61.7 Å². The van der Waals surface area contributed by atoms with Gasteiger partial charge in [-0.2, -0.15) is 9.30 Å². The number of sulfonamides is 1. The number of aryl methyl sites for hydroxylation is 1. The topological polar surface area (TPSA) is 71.7 Å². The zero-order chi connectivity index (χ0) is 22.9. The number of benzene rings is 2. The van der Waals surface area contributed by atoms with Gasteiger partial charge in [0.15, 0.2) is 4.80 Å². The van der Waals surface area contributed by atoms with Crippen LogP contribution in [0.2, 0.25) is 5.02 Å². The summed E-state index contributed by atoms with van der Waals surface area (Å²) in [5, 5.41) is 0.486. The van der Waals surface area contributed by atoms with Gasteiger partial charge < -0.3 is 4.57 Å². The van der Waals surface area contributed by atoms with Gasteiger partial charge in [-0.15, -0.1) is 6.58 Å². The van der Waals surface area contributed by atoms with Crippen LogP contribution in [0, 0.1) is 12.8 Å². The quantitative estimate of drug-likeness (QED) is 0.499. The van der Waals surface area contributed by atoms with E-state index >= 15 is 0 Å². The number of fused-ring (bicyclic) bond motifs is 1. The fraction of sp³-hybridized carbons (Fsp3) is 0.304. The van der Waals surface area contributed by atoms with Crippen molar-refractivity contribution < 1.29 is 13.2 Å². The molecule has 168 valence electrons. The monoisotopic (exact) mass is 489 g/mol. The van der Waals surface area contributed by atoms with Gasteiger partial charge in [-0.25, -0.2) is 8.42 Å². The van der Waals surface area contributed by atoms with Gasteiger partial charge in [0.2, 0.25) is 10.0 Å². The van der Waals surface area contributed by atoms with Gasteiger partial charge in [-0.3, -0.25) is 4.79 Å². The van der Waals surface area contributed by atoms with E-state index in [9.17, 15) is 13.2 Å². The first-order chi connectivity index (χ1) is 15.3. The minimum Gasteiger partial charge on any atom is -0.313 e. The van der Waals surface area contributed by atoms with Crippen LogP contribution in [0.15, 0.2) is 65.0 Å². The number of carbonyl (C=O) groups is 1. The summed E-state index contributed by atoms with van der Waals surface area (Å²) in [7, 11) is -3.60. The zero-order valence-electron chi connectivity index (χ0n) is 17.7. The number of allylic oxidation sites excluding steroid dienone is 1. The lowest BCUT2D eigenvalue weighted by molar-refractivity contribution is -0.122. The Balaban J connectivity index is 1.53. The van der Waals surface area contributed by atoms with Crippen LogP contribution in [0.3, 0.4) is 0 Å². The molecule has 4 rings (SSSR count). The fourth-order valence-corrected chi connectivity index (χ4v) is 6.59. The second-order valence-corrected chi connectivity index (χ2v) is 11.2. The molecule has 0 saturated carbocycles. The van der Waals surface area contributed by atoms with Crippen molar-refractivity contribution >= 4 is 49.1 Å². The van der Waals surface area contributed by atoms with Gasteiger partial charge in [0.1, 0.15) is 0 Å². The maximum Gasteiger partial charge on any atom is 0.251 e. The Hall–Kier alpha value is -2.26.